The Balaban J connectivity index is 2.24. The van der Waals surface area contributed by atoms with Crippen LogP contribution in [0.1, 0.15) is 23.6 Å². The van der Waals surface area contributed by atoms with Crippen molar-refractivity contribution in [3.05, 3.63) is 120 Å². The van der Waals surface area contributed by atoms with Crippen LogP contribution < -0.4 is 0 Å². The van der Waals surface area contributed by atoms with E-state index >= 15 is 0 Å². The summed E-state index contributed by atoms with van der Waals surface area (Å²) in [5, 5.41) is 0. The highest BCUT2D eigenvalue weighted by molar-refractivity contribution is 6.03. The van der Waals surface area contributed by atoms with Gasteiger partial charge in [-0.25, -0.2) is 4.79 Å². The molecule has 0 aliphatic rings. The molecule has 0 amide bonds. The summed E-state index contributed by atoms with van der Waals surface area (Å²) in [6.45, 7) is 2.16. The molecule has 0 saturated heterocycles. The Labute approximate surface area is 160 Å². The van der Waals surface area contributed by atoms with Gasteiger partial charge in [0.05, 0.1) is 6.61 Å². The largest absolute Gasteiger partial charge is 0.463 e. The molecule has 0 N–H and O–H groups in total. The molecule has 3 aromatic rings. The lowest BCUT2D eigenvalue weighted by Crippen LogP contribution is -2.00. The highest BCUT2D eigenvalue weighted by Gasteiger charge is 2.12. The lowest BCUT2D eigenvalue weighted by Gasteiger charge is -2.15. The van der Waals surface area contributed by atoms with Crippen LogP contribution in [-0.4, -0.2) is 12.6 Å². The predicted octanol–water partition coefficient (Wildman–Crippen LogP) is 5.77. The van der Waals surface area contributed by atoms with Crippen molar-refractivity contribution < 1.29 is 9.53 Å². The van der Waals surface area contributed by atoms with E-state index in [4.69, 9.17) is 4.74 Å². The number of hydrogen-bond donors (Lipinski definition) is 0. The van der Waals surface area contributed by atoms with Crippen LogP contribution in [0.15, 0.2) is 103 Å². The number of allylic oxidation sites excluding steroid dienone is 2. The lowest BCUT2D eigenvalue weighted by molar-refractivity contribution is -0.137. The smallest absolute Gasteiger partial charge is 0.330 e. The van der Waals surface area contributed by atoms with Crippen molar-refractivity contribution in [2.24, 2.45) is 0 Å². The number of benzene rings is 3. The fourth-order valence-electron chi connectivity index (χ4n) is 2.97. The van der Waals surface area contributed by atoms with Gasteiger partial charge in [0.15, 0.2) is 0 Å². The highest BCUT2D eigenvalue weighted by Crippen LogP contribution is 2.33. The minimum absolute atomic E-state index is 0.341. The fraction of sp³-hybridized carbons (Fsp3) is 0.0800. The number of hydrogen-bond acceptors (Lipinski definition) is 2. The molecule has 0 aromatic heterocycles. The summed E-state index contributed by atoms with van der Waals surface area (Å²) in [5.74, 6) is -0.341. The van der Waals surface area contributed by atoms with Crippen molar-refractivity contribution in [1.29, 1.82) is 0 Å². The van der Waals surface area contributed by atoms with Gasteiger partial charge in [0.1, 0.15) is 0 Å². The Morgan fingerprint density at radius 1 is 0.704 bits per heavy atom. The van der Waals surface area contributed by atoms with E-state index in [9.17, 15) is 4.79 Å². The van der Waals surface area contributed by atoms with Gasteiger partial charge in [0.25, 0.3) is 0 Å². The van der Waals surface area contributed by atoms with E-state index in [0.29, 0.717) is 6.61 Å². The monoisotopic (exact) mass is 354 g/mol. The van der Waals surface area contributed by atoms with Crippen LogP contribution in [0.3, 0.4) is 0 Å². The molecule has 0 saturated carbocycles. The number of carbonyl (C=O) groups excluding carboxylic acids is 1. The molecule has 3 rings (SSSR count). The van der Waals surface area contributed by atoms with Gasteiger partial charge < -0.3 is 4.74 Å². The summed E-state index contributed by atoms with van der Waals surface area (Å²) in [6.07, 6.45) is 3.35. The van der Waals surface area contributed by atoms with E-state index in [1.165, 1.54) is 6.08 Å². The summed E-state index contributed by atoms with van der Waals surface area (Å²) in [7, 11) is 0. The third-order valence-electron chi connectivity index (χ3n) is 4.15. The molecule has 0 aliphatic heterocycles. The number of carbonyl (C=O) groups is 1. The first kappa shape index (κ1) is 18.4. The first-order chi connectivity index (χ1) is 13.3. The molecule has 0 fully saturated rings. The van der Waals surface area contributed by atoms with Gasteiger partial charge in [-0.15, -0.1) is 0 Å². The number of esters is 1. The van der Waals surface area contributed by atoms with Gasteiger partial charge in [-0.2, -0.15) is 0 Å². The highest BCUT2D eigenvalue weighted by atomic mass is 16.5. The van der Waals surface area contributed by atoms with E-state index in [-0.39, 0.29) is 5.97 Å². The van der Waals surface area contributed by atoms with Gasteiger partial charge >= 0.3 is 5.97 Å². The van der Waals surface area contributed by atoms with Crippen LogP contribution in [-0.2, 0) is 9.53 Å². The van der Waals surface area contributed by atoms with Crippen LogP contribution >= 0.6 is 0 Å². The maximum Gasteiger partial charge on any atom is 0.330 e. The van der Waals surface area contributed by atoms with Gasteiger partial charge in [-0.05, 0) is 40.8 Å². The zero-order valence-corrected chi connectivity index (χ0v) is 15.3. The molecule has 0 unspecified atom stereocenters. The van der Waals surface area contributed by atoms with Crippen molar-refractivity contribution in [2.45, 2.75) is 6.92 Å². The van der Waals surface area contributed by atoms with E-state index < -0.39 is 0 Å². The predicted molar refractivity (Wildman–Crippen MR) is 111 cm³/mol. The van der Waals surface area contributed by atoms with Crippen LogP contribution in [0.5, 0.6) is 0 Å². The maximum absolute atomic E-state index is 11.9. The third-order valence-corrected chi connectivity index (χ3v) is 4.15. The van der Waals surface area contributed by atoms with Crippen LogP contribution in [0.4, 0.5) is 0 Å². The minimum atomic E-state index is -0.341. The first-order valence-electron chi connectivity index (χ1n) is 9.05. The van der Waals surface area contributed by atoms with E-state index in [0.717, 1.165) is 27.8 Å². The number of rotatable bonds is 6. The molecular formula is C25H22O2. The third kappa shape index (κ3) is 4.83. The number of ether oxygens (including phenoxy) is 1. The molecule has 2 heteroatoms. The second-order valence-corrected chi connectivity index (χ2v) is 5.97. The quantitative estimate of drug-likeness (QED) is 0.243. The van der Waals surface area contributed by atoms with Gasteiger partial charge in [0.2, 0.25) is 0 Å². The second-order valence-electron chi connectivity index (χ2n) is 5.97. The fourth-order valence-corrected chi connectivity index (χ4v) is 2.97. The average molecular weight is 354 g/mol. The summed E-state index contributed by atoms with van der Waals surface area (Å²) < 4.78 is 5.07. The summed E-state index contributed by atoms with van der Waals surface area (Å²) in [5.41, 5.74) is 5.27. The van der Waals surface area contributed by atoms with Crippen molar-refractivity contribution in [3.8, 4) is 0 Å². The molecule has 0 bridgehead atoms. The molecule has 0 atom stereocenters. The van der Waals surface area contributed by atoms with E-state index in [2.05, 4.69) is 36.4 Å². The average Bonchev–Trinajstić information content (AvgIpc) is 2.73. The minimum Gasteiger partial charge on any atom is -0.463 e. The Bertz CT molecular complexity index is 882. The van der Waals surface area contributed by atoms with E-state index in [1.807, 2.05) is 60.7 Å². The molecule has 134 valence electrons. The zero-order chi connectivity index (χ0) is 18.9. The summed E-state index contributed by atoms with van der Waals surface area (Å²) in [4.78, 5) is 11.9. The van der Waals surface area contributed by atoms with Gasteiger partial charge in [-0.1, -0.05) is 91.0 Å². The van der Waals surface area contributed by atoms with Crippen LogP contribution in [0, 0.1) is 0 Å². The van der Waals surface area contributed by atoms with Gasteiger partial charge in [0, 0.05) is 6.08 Å². The maximum atomic E-state index is 11.9. The Kier molecular flexibility index (Phi) is 6.37. The normalized spacial score (nSPS) is 10.6. The summed E-state index contributed by atoms with van der Waals surface area (Å²) in [6, 6.07) is 30.5. The van der Waals surface area contributed by atoms with Gasteiger partial charge in [-0.3, -0.25) is 0 Å². The second kappa shape index (κ2) is 9.35. The molecule has 0 heterocycles. The molecule has 3 aromatic carbocycles. The zero-order valence-electron chi connectivity index (χ0n) is 15.3. The Hall–Kier alpha value is -3.39. The Morgan fingerprint density at radius 2 is 1.15 bits per heavy atom. The van der Waals surface area contributed by atoms with Crippen molar-refractivity contribution in [2.75, 3.05) is 6.61 Å². The van der Waals surface area contributed by atoms with Crippen molar-refractivity contribution >= 4 is 17.1 Å². The summed E-state index contributed by atoms with van der Waals surface area (Å²) >= 11 is 0. The van der Waals surface area contributed by atoms with Crippen LogP contribution in [0.2, 0.25) is 0 Å². The van der Waals surface area contributed by atoms with Crippen molar-refractivity contribution in [1.82, 2.24) is 0 Å². The standard InChI is InChI=1S/C25H22O2/c1-2-27-24(26)19-18-23(20-12-6-3-7-13-20)25(21-14-8-4-9-15-21)22-16-10-5-11-17-22/h3-19H,2H2,1H3/b19-18+. The molecule has 0 spiro atoms. The SMILES string of the molecule is CCOC(=O)/C=C/C(=C(c1ccccc1)c1ccccc1)c1ccccc1. The molecular weight excluding hydrogens is 332 g/mol. The first-order valence-corrected chi connectivity index (χ1v) is 9.05. The molecule has 0 aliphatic carbocycles. The Morgan fingerprint density at radius 3 is 1.59 bits per heavy atom. The molecule has 2 nitrogen and oxygen atoms in total. The van der Waals surface area contributed by atoms with Crippen LogP contribution in [0.25, 0.3) is 11.1 Å². The molecule has 0 radical (unpaired) electrons. The lowest BCUT2D eigenvalue weighted by atomic mass is 9.89. The molecule has 27 heavy (non-hydrogen) atoms. The van der Waals surface area contributed by atoms with E-state index in [1.54, 1.807) is 6.92 Å². The van der Waals surface area contributed by atoms with Crippen molar-refractivity contribution in [3.63, 3.8) is 0 Å². The topological polar surface area (TPSA) is 26.3 Å².